The van der Waals surface area contributed by atoms with Gasteiger partial charge in [-0.3, -0.25) is 0 Å². The third-order valence-electron chi connectivity index (χ3n) is 1.82. The molecule has 0 aliphatic rings. The molecule has 1 aromatic rings. The molecule has 0 aliphatic carbocycles. The van der Waals surface area contributed by atoms with E-state index in [9.17, 15) is 4.79 Å². The average Bonchev–Trinajstić information content (AvgIpc) is 2.56. The number of rotatable bonds is 4. The van der Waals surface area contributed by atoms with Crippen LogP contribution in [0.3, 0.4) is 0 Å². The molecule has 2 N–H and O–H groups in total. The molecule has 17 heavy (non-hydrogen) atoms. The summed E-state index contributed by atoms with van der Waals surface area (Å²) in [6.07, 6.45) is 0. The molecule has 0 spiro atoms. The summed E-state index contributed by atoms with van der Waals surface area (Å²) < 4.78 is 10.5. The van der Waals surface area contributed by atoms with Crippen molar-refractivity contribution in [3.63, 3.8) is 0 Å². The highest BCUT2D eigenvalue weighted by Gasteiger charge is 2.20. The Balaban J connectivity index is 2.81. The molecule has 0 bridgehead atoms. The van der Waals surface area contributed by atoms with Crippen LogP contribution in [0, 0.1) is 0 Å². The first-order valence-corrected chi connectivity index (χ1v) is 6.21. The first-order valence-electron chi connectivity index (χ1n) is 5.39. The molecular weight excluding hydrogens is 240 g/mol. The first kappa shape index (κ1) is 13.9. The summed E-state index contributed by atoms with van der Waals surface area (Å²) in [5.74, 6) is -0.394. The maximum atomic E-state index is 11.6. The summed E-state index contributed by atoms with van der Waals surface area (Å²) in [5.41, 5.74) is 5.85. The summed E-state index contributed by atoms with van der Waals surface area (Å²) in [7, 11) is 0. The fourth-order valence-electron chi connectivity index (χ4n) is 1.11. The van der Waals surface area contributed by atoms with Gasteiger partial charge in [0.1, 0.15) is 4.88 Å². The SMILES string of the molecule is CCOC(=O)c1sc(N)nc1COC(C)(C)C. The minimum absolute atomic E-state index is 0.255. The molecule has 0 atom stereocenters. The molecule has 0 amide bonds. The van der Waals surface area contributed by atoms with Crippen LogP contribution in [0.2, 0.25) is 0 Å². The van der Waals surface area contributed by atoms with Crippen LogP contribution in [-0.4, -0.2) is 23.2 Å². The van der Waals surface area contributed by atoms with Crippen LogP contribution in [0.4, 0.5) is 5.13 Å². The van der Waals surface area contributed by atoms with E-state index in [2.05, 4.69) is 4.98 Å². The van der Waals surface area contributed by atoms with Crippen LogP contribution in [-0.2, 0) is 16.1 Å². The van der Waals surface area contributed by atoms with Gasteiger partial charge in [-0.2, -0.15) is 0 Å². The van der Waals surface area contributed by atoms with Gasteiger partial charge in [0.2, 0.25) is 0 Å². The maximum absolute atomic E-state index is 11.6. The third kappa shape index (κ3) is 4.32. The molecule has 0 fully saturated rings. The Morgan fingerprint density at radius 3 is 2.65 bits per heavy atom. The van der Waals surface area contributed by atoms with Crippen molar-refractivity contribution in [3.05, 3.63) is 10.6 Å². The second-order valence-corrected chi connectivity index (χ2v) is 5.48. The van der Waals surface area contributed by atoms with Gasteiger partial charge in [0.25, 0.3) is 0 Å². The van der Waals surface area contributed by atoms with Gasteiger partial charge >= 0.3 is 5.97 Å². The highest BCUT2D eigenvalue weighted by molar-refractivity contribution is 7.17. The predicted octanol–water partition coefficient (Wildman–Crippen LogP) is 2.22. The number of aromatic nitrogens is 1. The van der Waals surface area contributed by atoms with E-state index in [0.717, 1.165) is 11.3 Å². The molecule has 1 rings (SSSR count). The van der Waals surface area contributed by atoms with E-state index in [1.165, 1.54) is 0 Å². The Morgan fingerprint density at radius 1 is 1.47 bits per heavy atom. The standard InChI is InChI=1S/C11H18N2O3S/c1-5-15-9(14)8-7(13-10(12)17-8)6-16-11(2,3)4/h5-6H2,1-4H3,(H2,12,13). The molecule has 0 radical (unpaired) electrons. The number of nitrogens with two attached hydrogens (primary N) is 1. The van der Waals surface area contributed by atoms with Gasteiger partial charge in [-0.1, -0.05) is 11.3 Å². The summed E-state index contributed by atoms with van der Waals surface area (Å²) >= 11 is 1.13. The maximum Gasteiger partial charge on any atom is 0.350 e. The van der Waals surface area contributed by atoms with Gasteiger partial charge in [-0.05, 0) is 27.7 Å². The number of hydrogen-bond acceptors (Lipinski definition) is 6. The summed E-state index contributed by atoms with van der Waals surface area (Å²) in [6, 6.07) is 0. The lowest BCUT2D eigenvalue weighted by Crippen LogP contribution is -2.19. The first-order chi connectivity index (χ1) is 7.83. The van der Waals surface area contributed by atoms with E-state index in [1.807, 2.05) is 20.8 Å². The molecule has 0 aromatic carbocycles. The van der Waals surface area contributed by atoms with Crippen molar-refractivity contribution in [1.29, 1.82) is 0 Å². The number of nitrogens with zero attached hydrogens (tertiary/aromatic N) is 1. The van der Waals surface area contributed by atoms with Crippen molar-refractivity contribution < 1.29 is 14.3 Å². The molecule has 0 saturated carbocycles. The van der Waals surface area contributed by atoms with Crippen LogP contribution in [0.5, 0.6) is 0 Å². The molecule has 96 valence electrons. The minimum Gasteiger partial charge on any atom is -0.462 e. The predicted molar refractivity (Wildman–Crippen MR) is 67.0 cm³/mol. The molecule has 5 nitrogen and oxygen atoms in total. The third-order valence-corrected chi connectivity index (χ3v) is 2.72. The van der Waals surface area contributed by atoms with E-state index >= 15 is 0 Å². The minimum atomic E-state index is -0.394. The Bertz CT molecular complexity index is 396. The van der Waals surface area contributed by atoms with Gasteiger partial charge in [-0.15, -0.1) is 0 Å². The Kier molecular flexibility index (Phi) is 4.47. The Labute approximate surface area is 105 Å². The number of ether oxygens (including phenoxy) is 2. The van der Waals surface area contributed by atoms with Crippen molar-refractivity contribution in [2.24, 2.45) is 0 Å². The number of hydrogen-bond donors (Lipinski definition) is 1. The van der Waals surface area contributed by atoms with Crippen LogP contribution >= 0.6 is 11.3 Å². The highest BCUT2D eigenvalue weighted by atomic mass is 32.1. The van der Waals surface area contributed by atoms with E-state index < -0.39 is 5.97 Å². The van der Waals surface area contributed by atoms with Crippen LogP contribution in [0.1, 0.15) is 43.1 Å². The number of carbonyl (C=O) groups excluding carboxylic acids is 1. The molecular formula is C11H18N2O3S. The van der Waals surface area contributed by atoms with Crippen LogP contribution in [0.25, 0.3) is 0 Å². The highest BCUT2D eigenvalue weighted by Crippen LogP contribution is 2.23. The molecule has 6 heteroatoms. The molecule has 0 saturated heterocycles. The topological polar surface area (TPSA) is 74.4 Å². The van der Waals surface area contributed by atoms with E-state index in [1.54, 1.807) is 6.92 Å². The van der Waals surface area contributed by atoms with Crippen molar-refractivity contribution >= 4 is 22.4 Å². The van der Waals surface area contributed by atoms with E-state index in [0.29, 0.717) is 22.3 Å². The summed E-state index contributed by atoms with van der Waals surface area (Å²) in [4.78, 5) is 16.2. The zero-order chi connectivity index (χ0) is 13.1. The lowest BCUT2D eigenvalue weighted by Gasteiger charge is -2.18. The summed E-state index contributed by atoms with van der Waals surface area (Å²) in [6.45, 7) is 8.15. The lowest BCUT2D eigenvalue weighted by molar-refractivity contribution is -0.0168. The van der Waals surface area contributed by atoms with Crippen LogP contribution < -0.4 is 5.73 Å². The zero-order valence-electron chi connectivity index (χ0n) is 10.6. The fourth-order valence-corrected chi connectivity index (χ4v) is 1.84. The second kappa shape index (κ2) is 5.46. The van der Waals surface area contributed by atoms with Gasteiger partial charge in [0, 0.05) is 0 Å². The number of anilines is 1. The van der Waals surface area contributed by atoms with E-state index in [4.69, 9.17) is 15.2 Å². The lowest BCUT2D eigenvalue weighted by atomic mass is 10.2. The van der Waals surface area contributed by atoms with Crippen LogP contribution in [0.15, 0.2) is 0 Å². The van der Waals surface area contributed by atoms with Crippen molar-refractivity contribution in [3.8, 4) is 0 Å². The Hall–Kier alpha value is -1.14. The molecule has 0 aliphatic heterocycles. The number of nitrogen functional groups attached to an aromatic ring is 1. The fraction of sp³-hybridized carbons (Fsp3) is 0.636. The molecule has 1 aromatic heterocycles. The van der Waals surface area contributed by atoms with Gasteiger partial charge in [0.05, 0.1) is 24.5 Å². The van der Waals surface area contributed by atoms with Crippen molar-refractivity contribution in [2.45, 2.75) is 39.9 Å². The molecule has 1 heterocycles. The number of esters is 1. The smallest absolute Gasteiger partial charge is 0.350 e. The quantitative estimate of drug-likeness (QED) is 0.838. The van der Waals surface area contributed by atoms with Gasteiger partial charge in [-0.25, -0.2) is 9.78 Å². The second-order valence-electron chi connectivity index (χ2n) is 4.45. The van der Waals surface area contributed by atoms with Crippen molar-refractivity contribution in [1.82, 2.24) is 4.98 Å². The average molecular weight is 258 g/mol. The zero-order valence-corrected chi connectivity index (χ0v) is 11.4. The number of thiazole rings is 1. The van der Waals surface area contributed by atoms with E-state index in [-0.39, 0.29) is 12.2 Å². The monoisotopic (exact) mass is 258 g/mol. The van der Waals surface area contributed by atoms with Gasteiger partial charge < -0.3 is 15.2 Å². The van der Waals surface area contributed by atoms with Crippen molar-refractivity contribution in [2.75, 3.05) is 12.3 Å². The normalized spacial score (nSPS) is 11.5. The summed E-state index contributed by atoms with van der Waals surface area (Å²) in [5, 5.41) is 0.348. The molecule has 0 unspecified atom stereocenters. The Morgan fingerprint density at radius 2 is 2.12 bits per heavy atom. The number of carbonyl (C=O) groups is 1. The van der Waals surface area contributed by atoms with Gasteiger partial charge in [0.15, 0.2) is 5.13 Å². The largest absolute Gasteiger partial charge is 0.462 e.